The third-order valence-electron chi connectivity index (χ3n) is 4.12. The topological polar surface area (TPSA) is 94.8 Å². The van der Waals surface area contributed by atoms with Crippen LogP contribution in [0.4, 0.5) is 10.1 Å². The molecule has 29 heavy (non-hydrogen) atoms. The van der Waals surface area contributed by atoms with Gasteiger partial charge >= 0.3 is 0 Å². The van der Waals surface area contributed by atoms with Crippen LogP contribution in [0.1, 0.15) is 15.5 Å². The number of ether oxygens (including phenoxy) is 1. The number of hydrogen-bond donors (Lipinski definition) is 1. The second-order valence-corrected chi connectivity index (χ2v) is 7.02. The number of aryl methyl sites for hydroxylation is 1. The minimum absolute atomic E-state index is 0.352. The molecule has 2 aromatic carbocycles. The van der Waals surface area contributed by atoms with Gasteiger partial charge in [0.2, 0.25) is 0 Å². The average Bonchev–Trinajstić information content (AvgIpc) is 3.37. The maximum atomic E-state index is 14.0. The van der Waals surface area contributed by atoms with Gasteiger partial charge in [-0.05, 0) is 47.7 Å². The Morgan fingerprint density at radius 1 is 1.24 bits per heavy atom. The Balaban J connectivity index is 1.59. The first kappa shape index (κ1) is 18.7. The number of carbonyl (C=O) groups excluding carboxylic acids is 1. The fourth-order valence-corrected chi connectivity index (χ4v) is 3.56. The van der Waals surface area contributed by atoms with Crippen molar-refractivity contribution in [3.63, 3.8) is 0 Å². The third-order valence-corrected chi connectivity index (χ3v) is 5.15. The molecule has 0 radical (unpaired) electrons. The monoisotopic (exact) mass is 410 g/mol. The average molecular weight is 410 g/mol. The molecule has 8 nitrogen and oxygen atoms in total. The zero-order valence-corrected chi connectivity index (χ0v) is 16.3. The molecule has 146 valence electrons. The van der Waals surface area contributed by atoms with Gasteiger partial charge < -0.3 is 10.1 Å². The second kappa shape index (κ2) is 7.76. The van der Waals surface area contributed by atoms with E-state index in [0.29, 0.717) is 38.4 Å². The lowest BCUT2D eigenvalue weighted by atomic mass is 10.2. The number of nitrogens with zero attached hydrogens (tertiary/aromatic N) is 5. The summed E-state index contributed by atoms with van der Waals surface area (Å²) in [5.74, 6) is 0.391. The molecule has 1 N–H and O–H groups in total. The summed E-state index contributed by atoms with van der Waals surface area (Å²) in [5.41, 5.74) is 1.48. The molecule has 0 saturated carbocycles. The van der Waals surface area contributed by atoms with E-state index in [4.69, 9.17) is 4.74 Å². The maximum absolute atomic E-state index is 14.0. The summed E-state index contributed by atoms with van der Waals surface area (Å²) in [4.78, 5) is 17.2. The zero-order valence-electron chi connectivity index (χ0n) is 15.5. The van der Waals surface area contributed by atoms with Gasteiger partial charge in [0.15, 0.2) is 5.82 Å². The van der Waals surface area contributed by atoms with E-state index >= 15 is 0 Å². The lowest BCUT2D eigenvalue weighted by Crippen LogP contribution is -2.11. The molecule has 0 aliphatic rings. The number of thiazole rings is 1. The van der Waals surface area contributed by atoms with Crippen LogP contribution in [-0.2, 0) is 0 Å². The van der Waals surface area contributed by atoms with E-state index in [1.54, 1.807) is 50.4 Å². The van der Waals surface area contributed by atoms with Crippen LogP contribution < -0.4 is 10.1 Å². The molecule has 1 amide bonds. The van der Waals surface area contributed by atoms with E-state index < -0.39 is 0 Å². The highest BCUT2D eigenvalue weighted by Crippen LogP contribution is 2.29. The Hall–Kier alpha value is -3.66. The molecule has 2 heterocycles. The summed E-state index contributed by atoms with van der Waals surface area (Å²) in [5, 5.41) is 14.7. The van der Waals surface area contributed by atoms with Crippen LogP contribution in [0, 0.1) is 12.7 Å². The van der Waals surface area contributed by atoms with Crippen molar-refractivity contribution >= 4 is 22.9 Å². The minimum Gasteiger partial charge on any atom is -0.494 e. The van der Waals surface area contributed by atoms with Gasteiger partial charge in [-0.1, -0.05) is 12.1 Å². The van der Waals surface area contributed by atoms with E-state index in [1.807, 2.05) is 0 Å². The second-order valence-electron chi connectivity index (χ2n) is 5.99. The number of anilines is 1. The number of rotatable bonds is 5. The fraction of sp³-hybridized carbons (Fsp3) is 0.105. The molecule has 10 heteroatoms. The molecule has 0 aliphatic carbocycles. The molecular formula is C19H15FN6O2S. The maximum Gasteiger partial charge on any atom is 0.267 e. The van der Waals surface area contributed by atoms with Crippen LogP contribution in [0.3, 0.4) is 0 Å². The van der Waals surface area contributed by atoms with Gasteiger partial charge in [-0.2, -0.15) is 4.68 Å². The van der Waals surface area contributed by atoms with Crippen LogP contribution in [0.2, 0.25) is 0 Å². The minimum atomic E-state index is -0.384. The van der Waals surface area contributed by atoms with Gasteiger partial charge in [0, 0.05) is 11.3 Å². The Morgan fingerprint density at radius 2 is 2.07 bits per heavy atom. The van der Waals surface area contributed by atoms with Crippen LogP contribution in [0.5, 0.6) is 5.75 Å². The lowest BCUT2D eigenvalue weighted by Gasteiger charge is -2.11. The van der Waals surface area contributed by atoms with Gasteiger partial charge in [-0.3, -0.25) is 4.79 Å². The quantitative estimate of drug-likeness (QED) is 0.541. The first-order chi connectivity index (χ1) is 14.1. The Morgan fingerprint density at radius 3 is 2.79 bits per heavy atom. The SMILES string of the molecule is COc1ccc(NC(=O)c2cnc(-c3ccccc3F)s2)cc1-n1nnnc1C. The van der Waals surface area contributed by atoms with Gasteiger partial charge in [0.1, 0.15) is 27.1 Å². The van der Waals surface area contributed by atoms with Gasteiger partial charge in [-0.25, -0.2) is 9.37 Å². The summed E-state index contributed by atoms with van der Waals surface area (Å²) >= 11 is 1.11. The zero-order chi connectivity index (χ0) is 20.4. The first-order valence-electron chi connectivity index (χ1n) is 8.52. The first-order valence-corrected chi connectivity index (χ1v) is 9.34. The Labute approximate surface area is 169 Å². The number of aromatic nitrogens is 5. The molecule has 0 unspecified atom stereocenters. The van der Waals surface area contributed by atoms with Crippen LogP contribution in [0.15, 0.2) is 48.7 Å². The molecule has 0 aliphatic heterocycles. The lowest BCUT2D eigenvalue weighted by molar-refractivity contribution is 0.103. The number of carbonyl (C=O) groups is 1. The van der Waals surface area contributed by atoms with Gasteiger partial charge in [-0.15, -0.1) is 16.4 Å². The Bertz CT molecular complexity index is 1190. The van der Waals surface area contributed by atoms with Crippen molar-refractivity contribution in [2.45, 2.75) is 6.92 Å². The summed E-state index contributed by atoms with van der Waals surface area (Å²) in [6.07, 6.45) is 1.43. The molecule has 0 spiro atoms. The predicted molar refractivity (Wildman–Crippen MR) is 106 cm³/mol. The number of nitrogens with one attached hydrogen (secondary N) is 1. The van der Waals surface area contributed by atoms with Crippen molar-refractivity contribution in [1.29, 1.82) is 0 Å². The number of tetrazole rings is 1. The standard InChI is InChI=1S/C19H15FN6O2S/c1-11-23-24-25-26(11)15-9-12(7-8-16(15)28-2)22-18(27)17-10-21-19(29-17)13-5-3-4-6-14(13)20/h3-10H,1-2H3,(H,22,27). The van der Waals surface area contributed by atoms with E-state index in [1.165, 1.54) is 16.9 Å². The van der Waals surface area contributed by atoms with Crippen LogP contribution in [0.25, 0.3) is 16.3 Å². The van der Waals surface area contributed by atoms with Gasteiger partial charge in [0.25, 0.3) is 5.91 Å². The van der Waals surface area contributed by atoms with Gasteiger partial charge in [0.05, 0.1) is 13.3 Å². The molecule has 4 rings (SSSR count). The molecule has 0 fully saturated rings. The highest BCUT2D eigenvalue weighted by atomic mass is 32.1. The predicted octanol–water partition coefficient (Wildman–Crippen LogP) is 3.49. The highest BCUT2D eigenvalue weighted by molar-refractivity contribution is 7.17. The van der Waals surface area contributed by atoms with Crippen molar-refractivity contribution in [2.75, 3.05) is 12.4 Å². The number of benzene rings is 2. The molecule has 4 aromatic rings. The van der Waals surface area contributed by atoms with E-state index in [0.717, 1.165) is 11.3 Å². The van der Waals surface area contributed by atoms with Crippen molar-refractivity contribution < 1.29 is 13.9 Å². The number of hydrogen-bond acceptors (Lipinski definition) is 7. The van der Waals surface area contributed by atoms with E-state index in [2.05, 4.69) is 25.8 Å². The fourth-order valence-electron chi connectivity index (χ4n) is 2.72. The van der Waals surface area contributed by atoms with E-state index in [-0.39, 0.29) is 11.7 Å². The Kier molecular flexibility index (Phi) is 5.00. The highest BCUT2D eigenvalue weighted by Gasteiger charge is 2.16. The van der Waals surface area contributed by atoms with Crippen LogP contribution in [-0.4, -0.2) is 38.2 Å². The molecule has 0 saturated heterocycles. The normalized spacial score (nSPS) is 10.7. The molecule has 0 atom stereocenters. The molecular weight excluding hydrogens is 395 g/mol. The van der Waals surface area contributed by atoms with Crippen molar-refractivity contribution in [3.05, 3.63) is 65.2 Å². The van der Waals surface area contributed by atoms with Crippen LogP contribution >= 0.6 is 11.3 Å². The van der Waals surface area contributed by atoms with E-state index in [9.17, 15) is 9.18 Å². The summed E-state index contributed by atoms with van der Waals surface area (Å²) in [6.45, 7) is 1.76. The molecule has 0 bridgehead atoms. The summed E-state index contributed by atoms with van der Waals surface area (Å²) < 4.78 is 20.8. The van der Waals surface area contributed by atoms with Crippen molar-refractivity contribution in [2.24, 2.45) is 0 Å². The third kappa shape index (κ3) is 3.69. The smallest absolute Gasteiger partial charge is 0.267 e. The number of halogens is 1. The van der Waals surface area contributed by atoms with Crippen molar-refractivity contribution in [3.8, 4) is 22.0 Å². The number of methoxy groups -OCH3 is 1. The summed E-state index contributed by atoms with van der Waals surface area (Å²) in [7, 11) is 1.54. The molecule has 2 aromatic heterocycles. The van der Waals surface area contributed by atoms with Crippen molar-refractivity contribution in [1.82, 2.24) is 25.2 Å². The summed E-state index contributed by atoms with van der Waals surface area (Å²) in [6, 6.07) is 11.4. The largest absolute Gasteiger partial charge is 0.494 e. The number of amides is 1.